The number of nitrogens with zero attached hydrogens (tertiary/aromatic N) is 3. The third-order valence-corrected chi connectivity index (χ3v) is 4.67. The van der Waals surface area contributed by atoms with Crippen LogP contribution in [0, 0.1) is 13.8 Å². The first-order valence-corrected chi connectivity index (χ1v) is 8.76. The molecule has 0 saturated carbocycles. The Bertz CT molecular complexity index is 741. The summed E-state index contributed by atoms with van der Waals surface area (Å²) >= 11 is 1.70. The Morgan fingerprint density at radius 1 is 1.43 bits per heavy atom. The molecule has 1 aliphatic rings. The van der Waals surface area contributed by atoms with Crippen molar-refractivity contribution in [1.29, 1.82) is 0 Å². The zero-order chi connectivity index (χ0) is 16.4. The van der Waals surface area contributed by atoms with Gasteiger partial charge in [-0.05, 0) is 45.9 Å². The predicted molar refractivity (Wildman–Crippen MR) is 96.4 cm³/mol. The van der Waals surface area contributed by atoms with Gasteiger partial charge in [-0.2, -0.15) is 5.10 Å². The van der Waals surface area contributed by atoms with E-state index in [-0.39, 0.29) is 6.04 Å². The van der Waals surface area contributed by atoms with Gasteiger partial charge in [-0.1, -0.05) is 11.8 Å². The van der Waals surface area contributed by atoms with Crippen LogP contribution in [0.25, 0.3) is 0 Å². The molecule has 2 aromatic rings. The molecule has 0 fully saturated rings. The molecule has 0 saturated heterocycles. The maximum Gasteiger partial charge on any atom is 0.177 e. The SMILES string of the molecule is Cc1cc(C2=NNC(=NC(C)C)SC2)c(C)n1Cc1ccco1. The molecule has 6 heteroatoms. The summed E-state index contributed by atoms with van der Waals surface area (Å²) in [5.74, 6) is 1.80. The van der Waals surface area contributed by atoms with E-state index in [1.807, 2.05) is 12.1 Å². The van der Waals surface area contributed by atoms with E-state index in [9.17, 15) is 0 Å². The number of hydrogen-bond donors (Lipinski definition) is 1. The largest absolute Gasteiger partial charge is 0.467 e. The molecular formula is C17H22N4OS. The lowest BCUT2D eigenvalue weighted by Crippen LogP contribution is -2.26. The summed E-state index contributed by atoms with van der Waals surface area (Å²) < 4.78 is 7.73. The highest BCUT2D eigenvalue weighted by atomic mass is 32.2. The van der Waals surface area contributed by atoms with E-state index in [0.29, 0.717) is 0 Å². The Balaban J connectivity index is 1.83. The molecule has 23 heavy (non-hydrogen) atoms. The molecule has 2 aromatic heterocycles. The van der Waals surface area contributed by atoms with Gasteiger partial charge < -0.3 is 8.98 Å². The summed E-state index contributed by atoms with van der Waals surface area (Å²) in [7, 11) is 0. The monoisotopic (exact) mass is 330 g/mol. The maximum atomic E-state index is 5.47. The smallest absolute Gasteiger partial charge is 0.177 e. The summed E-state index contributed by atoms with van der Waals surface area (Å²) in [5, 5.41) is 5.42. The molecule has 3 heterocycles. The Kier molecular flexibility index (Phi) is 4.61. The molecule has 0 radical (unpaired) electrons. The third-order valence-electron chi connectivity index (χ3n) is 3.79. The molecule has 0 unspecified atom stereocenters. The molecule has 0 aromatic carbocycles. The van der Waals surface area contributed by atoms with E-state index in [0.717, 1.165) is 28.9 Å². The predicted octanol–water partition coefficient (Wildman–Crippen LogP) is 3.55. The standard InChI is InChI=1S/C17H22N4OS/c1-11(2)18-17-20-19-16(10-23-17)15-8-12(3)21(13(15)4)9-14-6-5-7-22-14/h5-8,11H,9-10H2,1-4H3,(H,18,20). The normalized spacial score (nSPS) is 16.7. The number of thioether (sulfide) groups is 1. The van der Waals surface area contributed by atoms with Crippen LogP contribution < -0.4 is 5.43 Å². The van der Waals surface area contributed by atoms with Gasteiger partial charge in [0.05, 0.1) is 18.5 Å². The van der Waals surface area contributed by atoms with E-state index in [1.54, 1.807) is 18.0 Å². The van der Waals surface area contributed by atoms with Crippen molar-refractivity contribution >= 4 is 22.6 Å². The molecule has 0 aliphatic carbocycles. The highest BCUT2D eigenvalue weighted by Crippen LogP contribution is 2.21. The van der Waals surface area contributed by atoms with Crippen LogP contribution in [0.3, 0.4) is 0 Å². The maximum absolute atomic E-state index is 5.47. The minimum absolute atomic E-state index is 0.278. The van der Waals surface area contributed by atoms with Crippen LogP contribution >= 0.6 is 11.8 Å². The van der Waals surface area contributed by atoms with Gasteiger partial charge in [-0.25, -0.2) is 0 Å². The minimum Gasteiger partial charge on any atom is -0.467 e. The molecule has 1 aliphatic heterocycles. The fourth-order valence-electron chi connectivity index (χ4n) is 2.65. The van der Waals surface area contributed by atoms with Crippen LogP contribution in [0.5, 0.6) is 0 Å². The Morgan fingerprint density at radius 3 is 2.87 bits per heavy atom. The van der Waals surface area contributed by atoms with Gasteiger partial charge in [-0.3, -0.25) is 10.4 Å². The average Bonchev–Trinajstić information content (AvgIpc) is 3.11. The Hall–Kier alpha value is -1.95. The van der Waals surface area contributed by atoms with Gasteiger partial charge in [0.1, 0.15) is 5.76 Å². The van der Waals surface area contributed by atoms with Crippen LogP contribution in [0.2, 0.25) is 0 Å². The lowest BCUT2D eigenvalue weighted by Gasteiger charge is -2.16. The lowest BCUT2D eigenvalue weighted by atomic mass is 10.1. The first kappa shape index (κ1) is 15.9. The second-order valence-electron chi connectivity index (χ2n) is 5.94. The van der Waals surface area contributed by atoms with E-state index in [1.165, 1.54) is 17.0 Å². The lowest BCUT2D eigenvalue weighted by molar-refractivity contribution is 0.489. The Morgan fingerprint density at radius 2 is 2.26 bits per heavy atom. The minimum atomic E-state index is 0.278. The zero-order valence-electron chi connectivity index (χ0n) is 14.0. The fourth-order valence-corrected chi connectivity index (χ4v) is 3.54. The number of aryl methyl sites for hydroxylation is 1. The van der Waals surface area contributed by atoms with Crippen molar-refractivity contribution in [3.63, 3.8) is 0 Å². The first-order chi connectivity index (χ1) is 11.0. The van der Waals surface area contributed by atoms with Crippen molar-refractivity contribution < 1.29 is 4.42 Å². The average molecular weight is 330 g/mol. The second-order valence-corrected chi connectivity index (χ2v) is 6.90. The molecule has 1 N–H and O–H groups in total. The topological polar surface area (TPSA) is 54.8 Å². The van der Waals surface area contributed by atoms with E-state index in [4.69, 9.17) is 4.42 Å². The molecule has 3 rings (SSSR count). The van der Waals surface area contributed by atoms with Crippen molar-refractivity contribution in [2.24, 2.45) is 10.1 Å². The van der Waals surface area contributed by atoms with Gasteiger partial charge in [0.25, 0.3) is 0 Å². The summed E-state index contributed by atoms with van der Waals surface area (Å²) in [5.41, 5.74) is 7.76. The van der Waals surface area contributed by atoms with E-state index >= 15 is 0 Å². The van der Waals surface area contributed by atoms with E-state index in [2.05, 4.69) is 53.8 Å². The number of hydrazone groups is 1. The van der Waals surface area contributed by atoms with Crippen molar-refractivity contribution in [1.82, 2.24) is 9.99 Å². The van der Waals surface area contributed by atoms with Gasteiger partial charge in [0, 0.05) is 28.7 Å². The highest BCUT2D eigenvalue weighted by Gasteiger charge is 2.19. The number of rotatable bonds is 4. The molecule has 122 valence electrons. The number of amidine groups is 1. The van der Waals surface area contributed by atoms with Crippen LogP contribution in [0.1, 0.15) is 36.6 Å². The van der Waals surface area contributed by atoms with Gasteiger partial charge in [-0.15, -0.1) is 0 Å². The first-order valence-electron chi connectivity index (χ1n) is 7.77. The van der Waals surface area contributed by atoms with E-state index < -0.39 is 0 Å². The second kappa shape index (κ2) is 6.66. The summed E-state index contributed by atoms with van der Waals surface area (Å²) in [6.07, 6.45) is 1.71. The van der Waals surface area contributed by atoms with Crippen molar-refractivity contribution in [3.8, 4) is 0 Å². The quantitative estimate of drug-likeness (QED) is 0.933. The number of aromatic nitrogens is 1. The molecule has 0 atom stereocenters. The molecule has 0 spiro atoms. The summed E-state index contributed by atoms with van der Waals surface area (Å²) in [6.45, 7) is 9.14. The summed E-state index contributed by atoms with van der Waals surface area (Å²) in [6, 6.07) is 6.40. The van der Waals surface area contributed by atoms with Crippen LogP contribution in [-0.4, -0.2) is 27.2 Å². The van der Waals surface area contributed by atoms with Crippen molar-refractivity contribution in [3.05, 3.63) is 47.2 Å². The molecule has 0 bridgehead atoms. The highest BCUT2D eigenvalue weighted by molar-refractivity contribution is 8.14. The number of hydrogen-bond acceptors (Lipinski definition) is 4. The third kappa shape index (κ3) is 3.52. The van der Waals surface area contributed by atoms with Crippen LogP contribution in [-0.2, 0) is 6.54 Å². The van der Waals surface area contributed by atoms with Crippen LogP contribution in [0.15, 0.2) is 39.0 Å². The number of aliphatic imine (C=N–C) groups is 1. The number of nitrogens with one attached hydrogen (secondary N) is 1. The summed E-state index contributed by atoms with van der Waals surface area (Å²) in [4.78, 5) is 4.50. The van der Waals surface area contributed by atoms with Gasteiger partial charge in [0.2, 0.25) is 0 Å². The van der Waals surface area contributed by atoms with Crippen molar-refractivity contribution in [2.45, 2.75) is 40.3 Å². The number of furan rings is 1. The van der Waals surface area contributed by atoms with Crippen molar-refractivity contribution in [2.75, 3.05) is 5.75 Å². The molecule has 5 nitrogen and oxygen atoms in total. The fraction of sp³-hybridized carbons (Fsp3) is 0.412. The van der Waals surface area contributed by atoms with Gasteiger partial charge >= 0.3 is 0 Å². The molecular weight excluding hydrogens is 308 g/mol. The zero-order valence-corrected chi connectivity index (χ0v) is 14.8. The molecule has 0 amide bonds. The van der Waals surface area contributed by atoms with Gasteiger partial charge in [0.15, 0.2) is 5.17 Å². The van der Waals surface area contributed by atoms with Crippen LogP contribution in [0.4, 0.5) is 0 Å². The Labute approximate surface area is 140 Å².